The first-order valence-electron chi connectivity index (χ1n) is 12.4. The molecule has 39 heavy (non-hydrogen) atoms. The van der Waals surface area contributed by atoms with Gasteiger partial charge < -0.3 is 25.3 Å². The number of likely N-dealkylation sites (tertiary alicyclic amines) is 2. The summed E-state index contributed by atoms with van der Waals surface area (Å²) in [7, 11) is 0. The van der Waals surface area contributed by atoms with Gasteiger partial charge in [0.1, 0.15) is 0 Å². The summed E-state index contributed by atoms with van der Waals surface area (Å²) >= 11 is 7.42. The standard InChI is InChI=1S/C19H23ClN4OS.C6H8O7/c20-15-6-4-14(5-7-15)16-10-24(11-17(16)18-13-26-22-21-18)19(25)12-23-8-2-1-3-9-23;7-3(8)1-6(13,5(11)12)2-4(9)10/h4-7,13,16-17H,1-3,8-12H2;13H,1-2H2,(H,7,8)(H,9,10)(H,11,12)/t16-,17+;/m1./s1. The second kappa shape index (κ2) is 13.8. The van der Waals surface area contributed by atoms with Crippen LogP contribution in [0.15, 0.2) is 29.6 Å². The molecule has 1 aromatic carbocycles. The summed E-state index contributed by atoms with van der Waals surface area (Å²) in [6.07, 6.45) is 1.40. The predicted octanol–water partition coefficient (Wildman–Crippen LogP) is 2.14. The number of carbonyl (C=O) groups is 4. The molecule has 2 saturated heterocycles. The Morgan fingerprint density at radius 1 is 0.949 bits per heavy atom. The van der Waals surface area contributed by atoms with Crippen molar-refractivity contribution in [1.29, 1.82) is 0 Å². The number of carbonyl (C=O) groups excluding carboxylic acids is 1. The molecule has 0 unspecified atom stereocenters. The molecule has 212 valence electrons. The first-order chi connectivity index (χ1) is 18.5. The molecule has 0 spiro atoms. The lowest BCUT2D eigenvalue weighted by Gasteiger charge is -2.28. The van der Waals surface area contributed by atoms with E-state index < -0.39 is 36.4 Å². The molecule has 1 amide bonds. The van der Waals surface area contributed by atoms with E-state index in [0.717, 1.165) is 30.4 Å². The van der Waals surface area contributed by atoms with Gasteiger partial charge in [0.05, 0.1) is 25.1 Å². The molecule has 3 heterocycles. The fourth-order valence-corrected chi connectivity index (χ4v) is 5.46. The topological polar surface area (TPSA) is 181 Å². The van der Waals surface area contributed by atoms with Crippen molar-refractivity contribution in [3.05, 3.63) is 45.9 Å². The van der Waals surface area contributed by atoms with Gasteiger partial charge in [0.25, 0.3) is 0 Å². The van der Waals surface area contributed by atoms with Crippen LogP contribution in [-0.2, 0) is 19.2 Å². The van der Waals surface area contributed by atoms with E-state index in [0.29, 0.717) is 13.1 Å². The molecule has 2 fully saturated rings. The van der Waals surface area contributed by atoms with Crippen LogP contribution in [0.2, 0.25) is 5.02 Å². The smallest absolute Gasteiger partial charge is 0.336 e. The average Bonchev–Trinajstić information content (AvgIpc) is 3.55. The summed E-state index contributed by atoms with van der Waals surface area (Å²) in [6, 6.07) is 7.98. The molecule has 2 atom stereocenters. The molecule has 1 aromatic heterocycles. The van der Waals surface area contributed by atoms with Gasteiger partial charge >= 0.3 is 17.9 Å². The highest BCUT2D eigenvalue weighted by Crippen LogP contribution is 2.39. The largest absolute Gasteiger partial charge is 0.481 e. The Morgan fingerprint density at radius 3 is 2.05 bits per heavy atom. The average molecular weight is 583 g/mol. The van der Waals surface area contributed by atoms with Crippen LogP contribution in [0.25, 0.3) is 0 Å². The Hall–Kier alpha value is -3.13. The quantitative estimate of drug-likeness (QED) is 0.340. The zero-order chi connectivity index (χ0) is 28.6. The maximum atomic E-state index is 12.9. The van der Waals surface area contributed by atoms with E-state index >= 15 is 0 Å². The molecule has 2 aromatic rings. The highest BCUT2D eigenvalue weighted by molar-refractivity contribution is 7.03. The number of amides is 1. The van der Waals surface area contributed by atoms with E-state index in [1.165, 1.54) is 36.4 Å². The molecule has 2 aliphatic rings. The SMILES string of the molecule is O=C(CN1CCCCC1)N1C[C@H](c2ccc(Cl)cc2)[C@@H](c2csnn2)C1.O=C(O)CC(O)(CC(=O)O)C(=O)O. The van der Waals surface area contributed by atoms with E-state index in [9.17, 15) is 19.2 Å². The minimum Gasteiger partial charge on any atom is -0.481 e. The number of nitrogens with zero attached hydrogens (tertiary/aromatic N) is 4. The summed E-state index contributed by atoms with van der Waals surface area (Å²) in [5.74, 6) is -4.35. The fraction of sp³-hybridized carbons (Fsp3) is 0.520. The predicted molar refractivity (Wildman–Crippen MR) is 141 cm³/mol. The molecular weight excluding hydrogens is 552 g/mol. The second-order valence-electron chi connectivity index (χ2n) is 9.71. The van der Waals surface area contributed by atoms with Gasteiger partial charge in [-0.1, -0.05) is 34.6 Å². The molecule has 4 N–H and O–H groups in total. The number of halogens is 1. The molecule has 0 saturated carbocycles. The van der Waals surface area contributed by atoms with Gasteiger partial charge in [-0.3, -0.25) is 19.3 Å². The van der Waals surface area contributed by atoms with Crippen LogP contribution in [0, 0.1) is 0 Å². The number of hydrogen-bond acceptors (Lipinski definition) is 9. The van der Waals surface area contributed by atoms with Gasteiger partial charge in [0, 0.05) is 35.3 Å². The first kappa shape index (κ1) is 30.4. The summed E-state index contributed by atoms with van der Waals surface area (Å²) in [4.78, 5) is 47.7. The van der Waals surface area contributed by atoms with Crippen LogP contribution in [0.5, 0.6) is 0 Å². The van der Waals surface area contributed by atoms with Crippen LogP contribution < -0.4 is 0 Å². The highest BCUT2D eigenvalue weighted by Gasteiger charge is 2.41. The number of aliphatic carboxylic acids is 3. The van der Waals surface area contributed by atoms with Crippen molar-refractivity contribution in [3.8, 4) is 0 Å². The number of piperidine rings is 1. The summed E-state index contributed by atoms with van der Waals surface area (Å²) < 4.78 is 4.03. The number of aromatic nitrogens is 2. The Labute approximate surface area is 234 Å². The first-order valence-corrected chi connectivity index (χ1v) is 13.6. The van der Waals surface area contributed by atoms with Gasteiger partial charge in [-0.05, 0) is 55.2 Å². The van der Waals surface area contributed by atoms with Gasteiger partial charge in [0.2, 0.25) is 5.91 Å². The third kappa shape index (κ3) is 8.68. The summed E-state index contributed by atoms with van der Waals surface area (Å²) in [5, 5.41) is 40.8. The number of benzene rings is 1. The Morgan fingerprint density at radius 2 is 1.54 bits per heavy atom. The number of carboxylic acids is 3. The van der Waals surface area contributed by atoms with Gasteiger partial charge in [-0.15, -0.1) is 5.10 Å². The Kier molecular flexibility index (Phi) is 10.7. The zero-order valence-corrected chi connectivity index (χ0v) is 22.7. The van der Waals surface area contributed by atoms with Crippen molar-refractivity contribution in [1.82, 2.24) is 19.4 Å². The van der Waals surface area contributed by atoms with Crippen molar-refractivity contribution in [2.75, 3.05) is 32.7 Å². The minimum atomic E-state index is -2.74. The molecule has 4 rings (SSSR count). The van der Waals surface area contributed by atoms with Gasteiger partial charge in [0.15, 0.2) is 5.60 Å². The molecule has 0 bridgehead atoms. The highest BCUT2D eigenvalue weighted by atomic mass is 35.5. The molecule has 12 nitrogen and oxygen atoms in total. The van der Waals surface area contributed by atoms with Crippen LogP contribution in [0.4, 0.5) is 0 Å². The summed E-state index contributed by atoms with van der Waals surface area (Å²) in [5.41, 5.74) is -0.540. The fourth-order valence-electron chi connectivity index (χ4n) is 4.81. The Bertz CT molecular complexity index is 1130. The lowest BCUT2D eigenvalue weighted by atomic mass is 9.87. The van der Waals surface area contributed by atoms with Crippen LogP contribution in [0.3, 0.4) is 0 Å². The van der Waals surface area contributed by atoms with Gasteiger partial charge in [-0.25, -0.2) is 4.79 Å². The van der Waals surface area contributed by atoms with Crippen molar-refractivity contribution < 1.29 is 39.6 Å². The third-order valence-electron chi connectivity index (χ3n) is 6.82. The van der Waals surface area contributed by atoms with Crippen molar-refractivity contribution in [2.45, 2.75) is 49.5 Å². The van der Waals surface area contributed by atoms with Crippen LogP contribution in [0.1, 0.15) is 55.2 Å². The van der Waals surface area contributed by atoms with Gasteiger partial charge in [-0.2, -0.15) is 0 Å². The van der Waals surface area contributed by atoms with Crippen molar-refractivity contribution in [2.24, 2.45) is 0 Å². The number of rotatable bonds is 9. The van der Waals surface area contributed by atoms with Crippen molar-refractivity contribution >= 4 is 46.9 Å². The molecule has 2 aliphatic heterocycles. The number of carboxylic acid groups (broad SMARTS) is 3. The monoisotopic (exact) mass is 582 g/mol. The number of hydrogen-bond donors (Lipinski definition) is 4. The zero-order valence-electron chi connectivity index (χ0n) is 21.1. The second-order valence-corrected chi connectivity index (χ2v) is 10.8. The van der Waals surface area contributed by atoms with E-state index in [1.54, 1.807) is 0 Å². The molecule has 0 radical (unpaired) electrons. The maximum Gasteiger partial charge on any atom is 0.336 e. The van der Waals surface area contributed by atoms with E-state index in [4.69, 9.17) is 32.0 Å². The normalized spacial score (nSPS) is 19.7. The lowest BCUT2D eigenvalue weighted by molar-refractivity contribution is -0.170. The van der Waals surface area contributed by atoms with E-state index in [1.807, 2.05) is 22.4 Å². The minimum absolute atomic E-state index is 0.195. The lowest BCUT2D eigenvalue weighted by Crippen LogP contribution is -2.42. The third-order valence-corrected chi connectivity index (χ3v) is 7.60. The van der Waals surface area contributed by atoms with E-state index in [-0.39, 0.29) is 17.7 Å². The number of aliphatic hydroxyl groups is 1. The molecular formula is C25H31ClN4O8S. The van der Waals surface area contributed by atoms with Crippen LogP contribution in [-0.4, -0.2) is 102 Å². The molecule has 14 heteroatoms. The molecule has 0 aliphatic carbocycles. The van der Waals surface area contributed by atoms with Crippen LogP contribution >= 0.6 is 23.1 Å². The Balaban J connectivity index is 0.000000276. The maximum absolute atomic E-state index is 12.9. The summed E-state index contributed by atoms with van der Waals surface area (Å²) in [6.45, 7) is 4.07. The van der Waals surface area contributed by atoms with Crippen molar-refractivity contribution in [3.63, 3.8) is 0 Å². The van der Waals surface area contributed by atoms with E-state index in [2.05, 4.69) is 26.6 Å².